The van der Waals surface area contributed by atoms with E-state index in [9.17, 15) is 4.79 Å². The molecule has 0 saturated heterocycles. The number of benzene rings is 1. The van der Waals surface area contributed by atoms with Crippen molar-refractivity contribution >= 4 is 52.5 Å². The van der Waals surface area contributed by atoms with Gasteiger partial charge in [0.15, 0.2) is 0 Å². The summed E-state index contributed by atoms with van der Waals surface area (Å²) in [6.07, 6.45) is 3.89. The van der Waals surface area contributed by atoms with Crippen LogP contribution in [0.5, 0.6) is 5.75 Å². The van der Waals surface area contributed by atoms with Crippen LogP contribution in [0, 0.1) is 0 Å². The lowest BCUT2D eigenvalue weighted by Gasteiger charge is -2.11. The fraction of sp³-hybridized carbons (Fsp3) is 0.231. The fourth-order valence-electron chi connectivity index (χ4n) is 1.66. The van der Waals surface area contributed by atoms with Gasteiger partial charge in [-0.3, -0.25) is 0 Å². The molecule has 0 aliphatic carbocycles. The summed E-state index contributed by atoms with van der Waals surface area (Å²) in [5.41, 5.74) is 1.38. The number of carbonyl (C=O) groups excluding carboxylic acids is 1. The lowest BCUT2D eigenvalue weighted by Crippen LogP contribution is -2.20. The molecule has 1 aromatic carbocycles. The quantitative estimate of drug-likeness (QED) is 0.797. The second kappa shape index (κ2) is 7.58. The van der Waals surface area contributed by atoms with Crippen LogP contribution in [0.3, 0.4) is 0 Å². The Morgan fingerprint density at radius 3 is 2.67 bits per heavy atom. The van der Waals surface area contributed by atoms with E-state index in [1.54, 1.807) is 31.0 Å². The number of methoxy groups -OCH3 is 1. The smallest absolute Gasteiger partial charge is 0.323 e. The largest absolute Gasteiger partial charge is 0.495 e. The molecule has 2 aromatic rings. The zero-order valence-corrected chi connectivity index (χ0v) is 14.2. The highest BCUT2D eigenvalue weighted by Crippen LogP contribution is 2.37. The standard InChI is InChI=1S/C13H15N3O2S3/c1-18-9-7-5-4-6-8(9)14-13(17)15-10-11(19-2)16-21-12(10)20-3/h4-7H,1-3H3,(H2,14,15,17). The number of para-hydroxylation sites is 2. The highest BCUT2D eigenvalue weighted by atomic mass is 32.2. The number of thioether (sulfide) groups is 2. The number of rotatable bonds is 5. The van der Waals surface area contributed by atoms with E-state index in [-0.39, 0.29) is 6.03 Å². The third kappa shape index (κ3) is 3.84. The van der Waals surface area contributed by atoms with Gasteiger partial charge in [0.1, 0.15) is 20.7 Å². The monoisotopic (exact) mass is 341 g/mol. The van der Waals surface area contributed by atoms with Gasteiger partial charge in [-0.25, -0.2) is 4.79 Å². The van der Waals surface area contributed by atoms with Crippen LogP contribution in [0.1, 0.15) is 0 Å². The van der Waals surface area contributed by atoms with Crippen LogP contribution in [0.15, 0.2) is 33.5 Å². The summed E-state index contributed by atoms with van der Waals surface area (Å²) in [7, 11) is 1.57. The van der Waals surface area contributed by atoms with Crippen molar-refractivity contribution in [2.75, 3.05) is 30.3 Å². The highest BCUT2D eigenvalue weighted by molar-refractivity contribution is 8.01. The molecule has 0 aliphatic rings. The molecule has 5 nitrogen and oxygen atoms in total. The van der Waals surface area contributed by atoms with Crippen molar-refractivity contribution in [3.63, 3.8) is 0 Å². The Balaban J connectivity index is 2.13. The predicted octanol–water partition coefficient (Wildman–Crippen LogP) is 4.24. The molecular formula is C13H15N3O2S3. The number of ether oxygens (including phenoxy) is 1. The number of amides is 2. The van der Waals surface area contributed by atoms with Crippen LogP contribution in [-0.4, -0.2) is 30.0 Å². The SMILES string of the molecule is COc1ccccc1NC(=O)Nc1c(SC)nsc1SC. The molecule has 1 heterocycles. The Bertz CT molecular complexity index is 609. The summed E-state index contributed by atoms with van der Waals surface area (Å²) in [5, 5.41) is 6.47. The van der Waals surface area contributed by atoms with E-state index in [0.717, 1.165) is 14.9 Å². The fourth-order valence-corrected chi connectivity index (χ4v) is 3.81. The Kier molecular flexibility index (Phi) is 5.77. The Morgan fingerprint density at radius 1 is 1.24 bits per heavy atom. The van der Waals surface area contributed by atoms with Gasteiger partial charge in [-0.1, -0.05) is 12.1 Å². The molecule has 2 N–H and O–H groups in total. The first-order valence-corrected chi connectivity index (χ1v) is 9.20. The average Bonchev–Trinajstić information content (AvgIpc) is 2.89. The number of hydrogen-bond acceptors (Lipinski definition) is 6. The van der Waals surface area contributed by atoms with E-state index >= 15 is 0 Å². The van der Waals surface area contributed by atoms with E-state index in [4.69, 9.17) is 4.74 Å². The maximum absolute atomic E-state index is 12.2. The minimum Gasteiger partial charge on any atom is -0.495 e. The summed E-state index contributed by atoms with van der Waals surface area (Å²) in [4.78, 5) is 12.2. The lowest BCUT2D eigenvalue weighted by molar-refractivity contribution is 0.262. The van der Waals surface area contributed by atoms with Crippen LogP contribution in [0.2, 0.25) is 0 Å². The minimum atomic E-state index is -0.315. The molecule has 112 valence electrons. The predicted molar refractivity (Wildman–Crippen MR) is 91.3 cm³/mol. The molecule has 0 radical (unpaired) electrons. The van der Waals surface area contributed by atoms with Gasteiger partial charge < -0.3 is 15.4 Å². The highest BCUT2D eigenvalue weighted by Gasteiger charge is 2.16. The summed E-state index contributed by atoms with van der Waals surface area (Å²) >= 11 is 4.45. The van der Waals surface area contributed by atoms with Crippen molar-refractivity contribution in [3.8, 4) is 5.75 Å². The number of urea groups is 1. The molecule has 0 saturated carbocycles. The molecular weight excluding hydrogens is 326 g/mol. The van der Waals surface area contributed by atoms with Crippen molar-refractivity contribution in [1.82, 2.24) is 4.37 Å². The van der Waals surface area contributed by atoms with Crippen molar-refractivity contribution < 1.29 is 9.53 Å². The summed E-state index contributed by atoms with van der Waals surface area (Å²) in [6, 6.07) is 6.95. The van der Waals surface area contributed by atoms with Crippen LogP contribution in [0.25, 0.3) is 0 Å². The van der Waals surface area contributed by atoms with Crippen molar-refractivity contribution in [3.05, 3.63) is 24.3 Å². The zero-order valence-electron chi connectivity index (χ0n) is 11.8. The van der Waals surface area contributed by atoms with E-state index < -0.39 is 0 Å². The van der Waals surface area contributed by atoms with E-state index in [0.29, 0.717) is 11.4 Å². The number of hydrogen-bond donors (Lipinski definition) is 2. The third-order valence-electron chi connectivity index (χ3n) is 2.60. The van der Waals surface area contributed by atoms with Crippen molar-refractivity contribution in [2.45, 2.75) is 9.24 Å². The van der Waals surface area contributed by atoms with Gasteiger partial charge in [-0.2, -0.15) is 4.37 Å². The molecule has 0 aliphatic heterocycles. The number of aromatic nitrogens is 1. The van der Waals surface area contributed by atoms with Gasteiger partial charge in [0.05, 0.1) is 12.8 Å². The molecule has 0 fully saturated rings. The molecule has 1 aromatic heterocycles. The maximum atomic E-state index is 12.2. The summed E-state index contributed by atoms with van der Waals surface area (Å²) < 4.78 is 10.5. The summed E-state index contributed by atoms with van der Waals surface area (Å²) in [5.74, 6) is 0.617. The second-order valence-electron chi connectivity index (χ2n) is 3.84. The first-order chi connectivity index (χ1) is 10.2. The number of anilines is 2. The molecule has 8 heteroatoms. The van der Waals surface area contributed by atoms with Crippen LogP contribution >= 0.6 is 35.1 Å². The second-order valence-corrected chi connectivity index (χ2v) is 6.48. The molecule has 0 spiro atoms. The Morgan fingerprint density at radius 2 is 2.00 bits per heavy atom. The van der Waals surface area contributed by atoms with Crippen LogP contribution < -0.4 is 15.4 Å². The van der Waals surface area contributed by atoms with Gasteiger partial charge >= 0.3 is 6.03 Å². The normalized spacial score (nSPS) is 10.2. The molecule has 2 amide bonds. The van der Waals surface area contributed by atoms with Gasteiger partial charge in [-0.15, -0.1) is 23.5 Å². The zero-order chi connectivity index (χ0) is 15.2. The van der Waals surface area contributed by atoms with E-state index in [1.807, 2.05) is 24.6 Å². The number of nitrogens with zero attached hydrogens (tertiary/aromatic N) is 1. The third-order valence-corrected chi connectivity index (χ3v) is 5.34. The van der Waals surface area contributed by atoms with Crippen LogP contribution in [0.4, 0.5) is 16.2 Å². The molecule has 21 heavy (non-hydrogen) atoms. The Hall–Kier alpha value is -1.38. The number of carbonyl (C=O) groups is 1. The van der Waals surface area contributed by atoms with Gasteiger partial charge in [0.2, 0.25) is 0 Å². The molecule has 0 bridgehead atoms. The van der Waals surface area contributed by atoms with Crippen molar-refractivity contribution in [2.24, 2.45) is 0 Å². The number of nitrogens with one attached hydrogen (secondary N) is 2. The molecule has 2 rings (SSSR count). The topological polar surface area (TPSA) is 63.2 Å². The van der Waals surface area contributed by atoms with Gasteiger partial charge in [0.25, 0.3) is 0 Å². The van der Waals surface area contributed by atoms with Gasteiger partial charge in [-0.05, 0) is 36.2 Å². The Labute approximate surface area is 136 Å². The minimum absolute atomic E-state index is 0.315. The first kappa shape index (κ1) is 16.0. The first-order valence-electron chi connectivity index (χ1n) is 5.98. The van der Waals surface area contributed by atoms with Crippen molar-refractivity contribution in [1.29, 1.82) is 0 Å². The average molecular weight is 341 g/mol. The van der Waals surface area contributed by atoms with E-state index in [1.165, 1.54) is 23.3 Å². The molecule has 0 atom stereocenters. The van der Waals surface area contributed by atoms with E-state index in [2.05, 4.69) is 15.0 Å². The molecule has 0 unspecified atom stereocenters. The lowest BCUT2D eigenvalue weighted by atomic mass is 10.3. The summed E-state index contributed by atoms with van der Waals surface area (Å²) in [6.45, 7) is 0. The maximum Gasteiger partial charge on any atom is 0.323 e. The van der Waals surface area contributed by atoms with Crippen LogP contribution in [-0.2, 0) is 0 Å². The van der Waals surface area contributed by atoms with Gasteiger partial charge in [0, 0.05) is 0 Å².